The fraction of sp³-hybridized carbons (Fsp3) is 0.280. The molecular weight excluding hydrogens is 396 g/mol. The molecule has 0 heterocycles. The number of esters is 2. The Morgan fingerprint density at radius 2 is 1.03 bits per heavy atom. The lowest BCUT2D eigenvalue weighted by atomic mass is 9.78. The van der Waals surface area contributed by atoms with Gasteiger partial charge in [0.2, 0.25) is 11.6 Å². The van der Waals surface area contributed by atoms with Gasteiger partial charge in [-0.2, -0.15) is 0 Å². The van der Waals surface area contributed by atoms with Gasteiger partial charge in [-0.25, -0.2) is 9.59 Å². The maximum Gasteiger partial charge on any atom is 0.375 e. The molecule has 1 saturated carbocycles. The first kappa shape index (κ1) is 20.7. The third-order valence-electron chi connectivity index (χ3n) is 5.89. The van der Waals surface area contributed by atoms with Gasteiger partial charge in [0, 0.05) is 11.8 Å². The van der Waals surface area contributed by atoms with Gasteiger partial charge in [0.15, 0.2) is 0 Å². The van der Waals surface area contributed by atoms with Crippen LogP contribution in [0.5, 0.6) is 0 Å². The van der Waals surface area contributed by atoms with E-state index in [1.165, 1.54) is 0 Å². The van der Waals surface area contributed by atoms with Crippen LogP contribution in [0.4, 0.5) is 0 Å². The van der Waals surface area contributed by atoms with Crippen molar-refractivity contribution in [1.29, 1.82) is 0 Å². The molecule has 0 saturated heterocycles. The largest absolute Gasteiger partial charge is 0.455 e. The number of hydrogen-bond acceptors (Lipinski definition) is 6. The van der Waals surface area contributed by atoms with E-state index in [0.717, 1.165) is 11.1 Å². The number of Topliss-reactive ketones (excluding diaryl/α,β-unsaturated/α-hetero) is 2. The minimum absolute atomic E-state index is 0.0280. The van der Waals surface area contributed by atoms with Crippen molar-refractivity contribution in [3.05, 3.63) is 83.9 Å². The number of ketones is 2. The molecule has 2 aromatic rings. The van der Waals surface area contributed by atoms with E-state index in [1.54, 1.807) is 24.3 Å². The highest BCUT2D eigenvalue weighted by Gasteiger charge is 2.54. The fourth-order valence-corrected chi connectivity index (χ4v) is 4.40. The van der Waals surface area contributed by atoms with Crippen LogP contribution in [0.1, 0.15) is 17.5 Å². The lowest BCUT2D eigenvalue weighted by molar-refractivity contribution is -0.161. The Bertz CT molecular complexity index is 929. The number of carbonyl (C=O) groups is 4. The second-order valence-corrected chi connectivity index (χ2v) is 7.85. The minimum atomic E-state index is -0.981. The monoisotopic (exact) mass is 418 g/mol. The summed E-state index contributed by atoms with van der Waals surface area (Å²) in [5.74, 6) is -5.78. The van der Waals surface area contributed by atoms with Crippen LogP contribution < -0.4 is 0 Å². The smallest absolute Gasteiger partial charge is 0.375 e. The second-order valence-electron chi connectivity index (χ2n) is 7.85. The molecule has 158 valence electrons. The number of fused-ring (bicyclic) bond motifs is 2. The molecule has 2 aromatic carbocycles. The van der Waals surface area contributed by atoms with E-state index in [0.29, 0.717) is 6.42 Å². The lowest BCUT2D eigenvalue weighted by Gasteiger charge is -2.24. The summed E-state index contributed by atoms with van der Waals surface area (Å²) in [4.78, 5) is 50.5. The molecule has 2 bridgehead atoms. The molecule has 0 spiro atoms. The van der Waals surface area contributed by atoms with Crippen LogP contribution in [0.2, 0.25) is 0 Å². The van der Waals surface area contributed by atoms with Crippen LogP contribution in [0.3, 0.4) is 0 Å². The zero-order valence-electron chi connectivity index (χ0n) is 16.8. The maximum absolute atomic E-state index is 12.9. The summed E-state index contributed by atoms with van der Waals surface area (Å²) in [7, 11) is 0. The quantitative estimate of drug-likeness (QED) is 0.372. The molecule has 0 amide bonds. The molecule has 0 N–H and O–H groups in total. The summed E-state index contributed by atoms with van der Waals surface area (Å²) in [5.41, 5.74) is 1.52. The van der Waals surface area contributed by atoms with Gasteiger partial charge in [0.1, 0.15) is 13.2 Å². The van der Waals surface area contributed by atoms with Crippen molar-refractivity contribution < 1.29 is 28.7 Å². The highest BCUT2D eigenvalue weighted by atomic mass is 16.5. The topological polar surface area (TPSA) is 86.7 Å². The first-order valence-electron chi connectivity index (χ1n) is 10.2. The maximum atomic E-state index is 12.9. The van der Waals surface area contributed by atoms with E-state index in [-0.39, 0.29) is 25.0 Å². The Kier molecular flexibility index (Phi) is 6.07. The van der Waals surface area contributed by atoms with Crippen molar-refractivity contribution in [2.24, 2.45) is 23.7 Å². The van der Waals surface area contributed by atoms with Gasteiger partial charge in [-0.05, 0) is 29.4 Å². The van der Waals surface area contributed by atoms with Crippen LogP contribution >= 0.6 is 0 Å². The highest BCUT2D eigenvalue weighted by molar-refractivity contribution is 6.39. The van der Waals surface area contributed by atoms with Crippen molar-refractivity contribution in [3.8, 4) is 0 Å². The zero-order chi connectivity index (χ0) is 21.8. The molecule has 1 fully saturated rings. The third kappa shape index (κ3) is 4.48. The summed E-state index contributed by atoms with van der Waals surface area (Å²) in [5, 5.41) is 0. The summed E-state index contributed by atoms with van der Waals surface area (Å²) in [6.07, 6.45) is 4.25. The fourth-order valence-electron chi connectivity index (χ4n) is 4.40. The number of ether oxygens (including phenoxy) is 2. The predicted octanol–water partition coefficient (Wildman–Crippen LogP) is 3.05. The van der Waals surface area contributed by atoms with E-state index < -0.39 is 35.3 Å². The molecule has 0 aliphatic heterocycles. The van der Waals surface area contributed by atoms with Crippen molar-refractivity contribution in [2.45, 2.75) is 19.6 Å². The normalized spacial score (nSPS) is 23.4. The molecule has 0 radical (unpaired) electrons. The second kappa shape index (κ2) is 9.08. The minimum Gasteiger partial charge on any atom is -0.455 e. The molecule has 31 heavy (non-hydrogen) atoms. The predicted molar refractivity (Wildman–Crippen MR) is 110 cm³/mol. The standard InChI is InChI=1S/C25H22O6/c26-22(24(28)30-14-16-7-3-1-4-8-16)20-18-11-12-19(13-18)21(20)23(27)25(29)31-15-17-9-5-2-6-10-17/h1-12,18-21H,13-15H2. The van der Waals surface area contributed by atoms with E-state index in [4.69, 9.17) is 9.47 Å². The summed E-state index contributed by atoms with van der Waals surface area (Å²) < 4.78 is 10.3. The molecule has 4 atom stereocenters. The average molecular weight is 418 g/mol. The molecule has 2 aliphatic carbocycles. The van der Waals surface area contributed by atoms with Gasteiger partial charge >= 0.3 is 11.9 Å². The summed E-state index contributed by atoms with van der Waals surface area (Å²) in [6, 6.07) is 18.0. The van der Waals surface area contributed by atoms with Crippen LogP contribution in [0.15, 0.2) is 72.8 Å². The molecule has 6 nitrogen and oxygen atoms in total. The Hall–Kier alpha value is -3.54. The Morgan fingerprint density at radius 3 is 1.42 bits per heavy atom. The van der Waals surface area contributed by atoms with Gasteiger partial charge in [-0.1, -0.05) is 72.8 Å². The van der Waals surface area contributed by atoms with Gasteiger partial charge in [-0.3, -0.25) is 9.59 Å². The Balaban J connectivity index is 1.41. The molecular formula is C25H22O6. The van der Waals surface area contributed by atoms with E-state index in [2.05, 4.69) is 0 Å². The number of rotatable bonds is 8. The van der Waals surface area contributed by atoms with Gasteiger partial charge < -0.3 is 9.47 Å². The van der Waals surface area contributed by atoms with E-state index in [9.17, 15) is 19.2 Å². The lowest BCUT2D eigenvalue weighted by Crippen LogP contribution is -2.40. The SMILES string of the molecule is O=C(OCc1ccccc1)C(=O)C1C2C=CC(C2)C1C(=O)C(=O)OCc1ccccc1. The number of hydrogen-bond donors (Lipinski definition) is 0. The Labute approximate surface area is 179 Å². The van der Waals surface area contributed by atoms with Gasteiger partial charge in [0.05, 0.1) is 0 Å². The molecule has 4 rings (SSSR count). The number of benzene rings is 2. The third-order valence-corrected chi connectivity index (χ3v) is 5.89. The molecule has 2 aliphatic rings. The Morgan fingerprint density at radius 1 is 0.645 bits per heavy atom. The van der Waals surface area contributed by atoms with Crippen molar-refractivity contribution >= 4 is 23.5 Å². The van der Waals surface area contributed by atoms with E-state index in [1.807, 2.05) is 48.6 Å². The zero-order valence-corrected chi connectivity index (χ0v) is 16.8. The summed E-state index contributed by atoms with van der Waals surface area (Å²) in [6.45, 7) is -0.0560. The van der Waals surface area contributed by atoms with Crippen LogP contribution in [-0.2, 0) is 41.9 Å². The average Bonchev–Trinajstić information content (AvgIpc) is 3.43. The molecule has 0 aromatic heterocycles. The van der Waals surface area contributed by atoms with Gasteiger partial charge in [-0.15, -0.1) is 0 Å². The van der Waals surface area contributed by atoms with Crippen molar-refractivity contribution in [3.63, 3.8) is 0 Å². The highest BCUT2D eigenvalue weighted by Crippen LogP contribution is 2.49. The van der Waals surface area contributed by atoms with Crippen LogP contribution in [0, 0.1) is 23.7 Å². The van der Waals surface area contributed by atoms with Gasteiger partial charge in [0.25, 0.3) is 0 Å². The first-order chi connectivity index (χ1) is 15.0. The van der Waals surface area contributed by atoms with Crippen molar-refractivity contribution in [1.82, 2.24) is 0 Å². The van der Waals surface area contributed by atoms with Crippen LogP contribution in [0.25, 0.3) is 0 Å². The van der Waals surface area contributed by atoms with E-state index >= 15 is 0 Å². The number of allylic oxidation sites excluding steroid dienone is 2. The first-order valence-corrected chi connectivity index (χ1v) is 10.2. The van der Waals surface area contributed by atoms with Crippen LogP contribution in [-0.4, -0.2) is 23.5 Å². The van der Waals surface area contributed by atoms with Crippen molar-refractivity contribution in [2.75, 3.05) is 0 Å². The summed E-state index contributed by atoms with van der Waals surface area (Å²) >= 11 is 0. The molecule has 4 unspecified atom stereocenters. The molecule has 6 heteroatoms. The number of carbonyl (C=O) groups excluding carboxylic acids is 4.